The molecule has 2 heteroatoms. The molecule has 1 spiro atoms. The quantitative estimate of drug-likeness (QED) is 0.366. The van der Waals surface area contributed by atoms with Gasteiger partial charge in [-0.25, -0.2) is 0 Å². The van der Waals surface area contributed by atoms with E-state index in [0.29, 0.717) is 0 Å². The Hall–Kier alpha value is -0.0800. The fourth-order valence-electron chi connectivity index (χ4n) is 5.57. The number of nitrogens with one attached hydrogen (secondary N) is 1. The first kappa shape index (κ1) is 22.2. The smallest absolute Gasteiger partial charge is 0.000966 e. The van der Waals surface area contributed by atoms with Gasteiger partial charge < -0.3 is 10.2 Å². The molecule has 0 radical (unpaired) electrons. The van der Waals surface area contributed by atoms with Crippen LogP contribution in [0.4, 0.5) is 0 Å². The van der Waals surface area contributed by atoms with E-state index in [-0.39, 0.29) is 0 Å². The molecule has 0 aromatic heterocycles. The summed E-state index contributed by atoms with van der Waals surface area (Å²) in [6.07, 6.45) is 20.4. The van der Waals surface area contributed by atoms with E-state index in [0.717, 1.165) is 17.3 Å². The van der Waals surface area contributed by atoms with E-state index in [4.69, 9.17) is 0 Å². The fraction of sp³-hybridized carbons (Fsp3) is 1.00. The van der Waals surface area contributed by atoms with Crippen LogP contribution in [-0.4, -0.2) is 38.1 Å². The lowest BCUT2D eigenvalue weighted by atomic mass is 9.57. The Labute approximate surface area is 164 Å². The number of nitrogens with zero attached hydrogens (tertiary/aromatic N) is 1. The Bertz CT molecular complexity index is 338. The molecule has 1 saturated heterocycles. The van der Waals surface area contributed by atoms with Crippen LogP contribution >= 0.6 is 0 Å². The van der Waals surface area contributed by atoms with Gasteiger partial charge in [0.05, 0.1) is 0 Å². The van der Waals surface area contributed by atoms with Crippen LogP contribution in [0.25, 0.3) is 0 Å². The highest BCUT2D eigenvalue weighted by atomic mass is 15.1. The van der Waals surface area contributed by atoms with Gasteiger partial charge in [-0.2, -0.15) is 0 Å². The molecule has 0 aromatic carbocycles. The maximum Gasteiger partial charge on any atom is 0.000966 e. The van der Waals surface area contributed by atoms with Gasteiger partial charge in [-0.15, -0.1) is 0 Å². The minimum Gasteiger partial charge on any atom is -0.320 e. The summed E-state index contributed by atoms with van der Waals surface area (Å²) in [5, 5.41) is 3.32. The predicted molar refractivity (Wildman–Crippen MR) is 116 cm³/mol. The van der Waals surface area contributed by atoms with Gasteiger partial charge in [-0.05, 0) is 88.9 Å². The summed E-state index contributed by atoms with van der Waals surface area (Å²) < 4.78 is 0. The standard InChI is InChI=1S/C24H48N2/c1-4-6-8-10-12-22(11-9-7-5-2)21-26-17-14-24(15-18-26)19-23(20-24)13-16-25-3/h22-23,25H,4-21H2,1-3H3. The van der Waals surface area contributed by atoms with Gasteiger partial charge in [0.15, 0.2) is 0 Å². The molecule has 2 fully saturated rings. The van der Waals surface area contributed by atoms with Crippen LogP contribution in [0, 0.1) is 17.3 Å². The van der Waals surface area contributed by atoms with E-state index < -0.39 is 0 Å². The van der Waals surface area contributed by atoms with Gasteiger partial charge in [-0.3, -0.25) is 0 Å². The van der Waals surface area contributed by atoms with E-state index in [1.54, 1.807) is 0 Å². The SMILES string of the molecule is CCCCCCC(CCCCC)CN1CCC2(CC1)CC(CCNC)C2. The largest absolute Gasteiger partial charge is 0.320 e. The molecule has 1 saturated carbocycles. The number of likely N-dealkylation sites (tertiary alicyclic amines) is 1. The topological polar surface area (TPSA) is 15.3 Å². The molecule has 1 aliphatic heterocycles. The fourth-order valence-corrected chi connectivity index (χ4v) is 5.57. The maximum absolute atomic E-state index is 3.32. The van der Waals surface area contributed by atoms with Gasteiger partial charge >= 0.3 is 0 Å². The number of unbranched alkanes of at least 4 members (excludes halogenated alkanes) is 5. The third-order valence-electron chi connectivity index (χ3n) is 7.36. The molecule has 1 N–H and O–H groups in total. The van der Waals surface area contributed by atoms with Gasteiger partial charge in [0.25, 0.3) is 0 Å². The van der Waals surface area contributed by atoms with Crippen LogP contribution in [0.2, 0.25) is 0 Å². The zero-order chi connectivity index (χ0) is 18.7. The Kier molecular flexibility index (Phi) is 10.6. The zero-order valence-electron chi connectivity index (χ0n) is 18.3. The maximum atomic E-state index is 3.32. The molecule has 1 aliphatic carbocycles. The molecule has 154 valence electrons. The van der Waals surface area contributed by atoms with Crippen molar-refractivity contribution in [2.75, 3.05) is 33.2 Å². The molecule has 1 atom stereocenters. The molecule has 2 rings (SSSR count). The second-order valence-corrected chi connectivity index (χ2v) is 9.68. The highest BCUT2D eigenvalue weighted by molar-refractivity contribution is 4.97. The summed E-state index contributed by atoms with van der Waals surface area (Å²) in [5.74, 6) is 1.99. The number of rotatable bonds is 14. The molecule has 0 bridgehead atoms. The lowest BCUT2D eigenvalue weighted by molar-refractivity contribution is -0.0195. The normalized spacial score (nSPS) is 21.8. The predicted octanol–water partition coefficient (Wildman–Crippen LogP) is 6.26. The zero-order valence-corrected chi connectivity index (χ0v) is 18.3. The van der Waals surface area contributed by atoms with Gasteiger partial charge in [0.2, 0.25) is 0 Å². The van der Waals surface area contributed by atoms with Crippen molar-refractivity contribution in [3.8, 4) is 0 Å². The highest BCUT2D eigenvalue weighted by Gasteiger charge is 2.45. The van der Waals surface area contributed by atoms with Crippen LogP contribution in [-0.2, 0) is 0 Å². The van der Waals surface area contributed by atoms with E-state index in [9.17, 15) is 0 Å². The molecular formula is C24H48N2. The summed E-state index contributed by atoms with van der Waals surface area (Å²) in [7, 11) is 2.09. The summed E-state index contributed by atoms with van der Waals surface area (Å²) in [6, 6.07) is 0. The van der Waals surface area contributed by atoms with Crippen molar-refractivity contribution < 1.29 is 0 Å². The van der Waals surface area contributed by atoms with Gasteiger partial charge in [0.1, 0.15) is 0 Å². The second-order valence-electron chi connectivity index (χ2n) is 9.68. The van der Waals surface area contributed by atoms with E-state index in [1.165, 1.54) is 116 Å². The highest BCUT2D eigenvalue weighted by Crippen LogP contribution is 2.53. The average Bonchev–Trinajstić information content (AvgIpc) is 2.63. The molecule has 0 aromatic rings. The van der Waals surface area contributed by atoms with E-state index >= 15 is 0 Å². The monoisotopic (exact) mass is 364 g/mol. The molecule has 2 nitrogen and oxygen atoms in total. The Morgan fingerprint density at radius 1 is 0.923 bits per heavy atom. The minimum atomic E-state index is 0.758. The molecule has 0 amide bonds. The van der Waals surface area contributed by atoms with Crippen LogP contribution in [0.1, 0.15) is 104 Å². The van der Waals surface area contributed by atoms with Crippen LogP contribution in [0.3, 0.4) is 0 Å². The first-order valence-electron chi connectivity index (χ1n) is 12.1. The Morgan fingerprint density at radius 2 is 1.54 bits per heavy atom. The molecule has 1 heterocycles. The van der Waals surface area contributed by atoms with Crippen LogP contribution in [0.15, 0.2) is 0 Å². The van der Waals surface area contributed by atoms with E-state index in [1.807, 2.05) is 0 Å². The van der Waals surface area contributed by atoms with Gasteiger partial charge in [-0.1, -0.05) is 58.8 Å². The van der Waals surface area contributed by atoms with Crippen LogP contribution < -0.4 is 5.32 Å². The van der Waals surface area contributed by atoms with Crippen LogP contribution in [0.5, 0.6) is 0 Å². The summed E-state index contributed by atoms with van der Waals surface area (Å²) in [6.45, 7) is 10.0. The first-order valence-corrected chi connectivity index (χ1v) is 12.1. The van der Waals surface area contributed by atoms with Crippen molar-refractivity contribution in [2.45, 2.75) is 104 Å². The van der Waals surface area contributed by atoms with Crippen molar-refractivity contribution in [1.82, 2.24) is 10.2 Å². The summed E-state index contributed by atoms with van der Waals surface area (Å²) >= 11 is 0. The molecule has 1 unspecified atom stereocenters. The lowest BCUT2D eigenvalue weighted by Gasteiger charge is -2.53. The number of hydrogen-bond acceptors (Lipinski definition) is 2. The molecule has 2 aliphatic rings. The Morgan fingerprint density at radius 3 is 2.15 bits per heavy atom. The average molecular weight is 365 g/mol. The van der Waals surface area contributed by atoms with Gasteiger partial charge in [0, 0.05) is 6.54 Å². The van der Waals surface area contributed by atoms with Crippen molar-refractivity contribution >= 4 is 0 Å². The van der Waals surface area contributed by atoms with Crippen molar-refractivity contribution in [3.05, 3.63) is 0 Å². The number of piperidine rings is 1. The van der Waals surface area contributed by atoms with Crippen molar-refractivity contribution in [1.29, 1.82) is 0 Å². The second kappa shape index (κ2) is 12.4. The van der Waals surface area contributed by atoms with Crippen molar-refractivity contribution in [2.24, 2.45) is 17.3 Å². The van der Waals surface area contributed by atoms with E-state index in [2.05, 4.69) is 31.1 Å². The molecule has 26 heavy (non-hydrogen) atoms. The minimum absolute atomic E-state index is 0.758. The van der Waals surface area contributed by atoms with Crippen molar-refractivity contribution in [3.63, 3.8) is 0 Å². The Balaban J connectivity index is 1.66. The lowest BCUT2D eigenvalue weighted by Crippen LogP contribution is -2.48. The first-order chi connectivity index (χ1) is 12.7. The molecular weight excluding hydrogens is 316 g/mol. The summed E-state index contributed by atoms with van der Waals surface area (Å²) in [5.41, 5.74) is 0.758. The third kappa shape index (κ3) is 7.50. The summed E-state index contributed by atoms with van der Waals surface area (Å²) in [4.78, 5) is 2.84. The number of hydrogen-bond donors (Lipinski definition) is 1. The third-order valence-corrected chi connectivity index (χ3v) is 7.36.